The average Bonchev–Trinajstić information content (AvgIpc) is 2.47. The van der Waals surface area contributed by atoms with E-state index in [1.165, 1.54) is 19.1 Å². The molecule has 2 atom stereocenters. The molecule has 0 saturated carbocycles. The summed E-state index contributed by atoms with van der Waals surface area (Å²) in [6.07, 6.45) is 0.344. The summed E-state index contributed by atoms with van der Waals surface area (Å²) < 4.78 is 10.2. The number of carbonyl (C=O) groups is 3. The smallest absolute Gasteiger partial charge is 0.410 e. The first kappa shape index (κ1) is 24.2. The molecule has 0 aromatic rings. The first-order chi connectivity index (χ1) is 11.8. The van der Waals surface area contributed by atoms with E-state index < -0.39 is 29.7 Å². The Balaban J connectivity index is 5.34. The zero-order chi connectivity index (χ0) is 20.7. The van der Waals surface area contributed by atoms with Gasteiger partial charge in [0.05, 0.1) is 7.11 Å². The van der Waals surface area contributed by atoms with E-state index in [2.05, 4.69) is 5.32 Å². The van der Waals surface area contributed by atoms with Gasteiger partial charge in [-0.2, -0.15) is 0 Å². The van der Waals surface area contributed by atoms with Crippen molar-refractivity contribution in [1.82, 2.24) is 10.2 Å². The summed E-state index contributed by atoms with van der Waals surface area (Å²) in [7, 11) is 2.83. The highest BCUT2D eigenvalue weighted by Crippen LogP contribution is 2.16. The van der Waals surface area contributed by atoms with Crippen LogP contribution in [0.25, 0.3) is 0 Å². The normalized spacial score (nSPS) is 14.0. The number of amides is 2. The molecule has 0 rings (SSSR count). The maximum atomic E-state index is 12.8. The molecule has 0 fully saturated rings. The second-order valence-electron chi connectivity index (χ2n) is 8.45. The van der Waals surface area contributed by atoms with Crippen molar-refractivity contribution in [3.8, 4) is 0 Å². The molecule has 26 heavy (non-hydrogen) atoms. The maximum Gasteiger partial charge on any atom is 0.410 e. The highest BCUT2D eigenvalue weighted by Gasteiger charge is 2.33. The molecule has 1 N–H and O–H groups in total. The van der Waals surface area contributed by atoms with Gasteiger partial charge in [0.15, 0.2) is 0 Å². The van der Waals surface area contributed by atoms with E-state index in [9.17, 15) is 14.4 Å². The summed E-state index contributed by atoms with van der Waals surface area (Å²) in [5.41, 5.74) is -0.656. The number of nitrogens with zero attached hydrogens (tertiary/aromatic N) is 1. The zero-order valence-electron chi connectivity index (χ0n) is 17.7. The fourth-order valence-electron chi connectivity index (χ4n) is 2.44. The van der Waals surface area contributed by atoms with Crippen LogP contribution in [0.4, 0.5) is 4.79 Å². The van der Waals surface area contributed by atoms with Crippen LogP contribution in [0.5, 0.6) is 0 Å². The first-order valence-corrected chi connectivity index (χ1v) is 9.12. The molecule has 0 aliphatic carbocycles. The van der Waals surface area contributed by atoms with Crippen LogP contribution in [0.2, 0.25) is 0 Å². The van der Waals surface area contributed by atoms with Gasteiger partial charge in [-0.25, -0.2) is 9.59 Å². The molecule has 0 spiro atoms. The number of likely N-dealkylation sites (N-methyl/N-ethyl adjacent to an activating group) is 1. The van der Waals surface area contributed by atoms with Crippen LogP contribution in [-0.2, 0) is 19.1 Å². The fourth-order valence-corrected chi connectivity index (χ4v) is 2.44. The van der Waals surface area contributed by atoms with E-state index in [-0.39, 0.29) is 17.7 Å². The molecule has 0 bridgehead atoms. The van der Waals surface area contributed by atoms with Gasteiger partial charge in [-0.05, 0) is 45.4 Å². The van der Waals surface area contributed by atoms with Gasteiger partial charge in [0.2, 0.25) is 5.91 Å². The molecular weight excluding hydrogens is 336 g/mol. The van der Waals surface area contributed by atoms with Crippen LogP contribution in [0, 0.1) is 11.8 Å². The largest absolute Gasteiger partial charge is 0.467 e. The van der Waals surface area contributed by atoms with Crippen molar-refractivity contribution in [1.29, 1.82) is 0 Å². The molecule has 2 amide bonds. The molecule has 0 unspecified atom stereocenters. The Labute approximate surface area is 157 Å². The monoisotopic (exact) mass is 372 g/mol. The summed E-state index contributed by atoms with van der Waals surface area (Å²) in [5, 5.41) is 2.74. The Morgan fingerprint density at radius 2 is 1.50 bits per heavy atom. The quantitative estimate of drug-likeness (QED) is 0.662. The van der Waals surface area contributed by atoms with E-state index in [0.29, 0.717) is 12.8 Å². The molecule has 0 heterocycles. The van der Waals surface area contributed by atoms with Gasteiger partial charge in [0.25, 0.3) is 0 Å². The number of carbonyl (C=O) groups excluding carboxylic acids is 3. The Bertz CT molecular complexity index is 483. The first-order valence-electron chi connectivity index (χ1n) is 9.12. The summed E-state index contributed by atoms with van der Waals surface area (Å²) >= 11 is 0. The number of rotatable bonds is 8. The summed E-state index contributed by atoms with van der Waals surface area (Å²) in [4.78, 5) is 38.5. The van der Waals surface area contributed by atoms with Gasteiger partial charge >= 0.3 is 12.1 Å². The van der Waals surface area contributed by atoms with E-state index in [1.807, 2.05) is 27.7 Å². The summed E-state index contributed by atoms with van der Waals surface area (Å²) in [5.74, 6) is -0.498. The van der Waals surface area contributed by atoms with Crippen molar-refractivity contribution < 1.29 is 23.9 Å². The second-order valence-corrected chi connectivity index (χ2v) is 8.45. The third kappa shape index (κ3) is 9.06. The van der Waals surface area contributed by atoms with Crippen molar-refractivity contribution >= 4 is 18.0 Å². The SMILES string of the molecule is COC(=O)[C@H](CC(C)C)NC(=O)[C@H](CC(C)C)N(C)C(=O)OC(C)(C)C. The van der Waals surface area contributed by atoms with Gasteiger partial charge in [-0.3, -0.25) is 9.69 Å². The molecule has 0 radical (unpaired) electrons. The molecule has 0 aliphatic heterocycles. The van der Waals surface area contributed by atoms with Gasteiger partial charge < -0.3 is 14.8 Å². The molecule has 0 saturated heterocycles. The minimum Gasteiger partial charge on any atom is -0.467 e. The van der Waals surface area contributed by atoms with Gasteiger partial charge in [0, 0.05) is 7.05 Å². The number of nitrogens with one attached hydrogen (secondary N) is 1. The van der Waals surface area contributed by atoms with Crippen LogP contribution in [0.3, 0.4) is 0 Å². The highest BCUT2D eigenvalue weighted by atomic mass is 16.6. The third-order valence-corrected chi connectivity index (χ3v) is 3.66. The standard InChI is InChI=1S/C19H36N2O5/c1-12(2)10-14(17(23)25-9)20-16(22)15(11-13(3)4)21(8)18(24)26-19(5,6)7/h12-15H,10-11H2,1-9H3,(H,20,22)/t14-,15-/m0/s1. The van der Waals surface area contributed by atoms with Crippen molar-refractivity contribution in [2.24, 2.45) is 11.8 Å². The van der Waals surface area contributed by atoms with Gasteiger partial charge in [-0.1, -0.05) is 27.7 Å². The average molecular weight is 373 g/mol. The Kier molecular flexibility index (Phi) is 9.67. The number of hydrogen-bond donors (Lipinski definition) is 1. The maximum absolute atomic E-state index is 12.8. The number of hydrogen-bond acceptors (Lipinski definition) is 5. The lowest BCUT2D eigenvalue weighted by Crippen LogP contribution is -2.53. The topological polar surface area (TPSA) is 84.9 Å². The second kappa shape index (κ2) is 10.4. The molecule has 7 heteroatoms. The van der Waals surface area contributed by atoms with E-state index in [0.717, 1.165) is 0 Å². The van der Waals surface area contributed by atoms with Crippen LogP contribution in [0.15, 0.2) is 0 Å². The summed E-state index contributed by atoms with van der Waals surface area (Å²) in [6.45, 7) is 13.2. The predicted octanol–water partition coefficient (Wildman–Crippen LogP) is 2.97. The van der Waals surface area contributed by atoms with E-state index in [4.69, 9.17) is 9.47 Å². The van der Waals surface area contributed by atoms with E-state index >= 15 is 0 Å². The molecule has 152 valence electrons. The van der Waals surface area contributed by atoms with Gasteiger partial charge in [0.1, 0.15) is 17.7 Å². The van der Waals surface area contributed by atoms with E-state index in [1.54, 1.807) is 20.8 Å². The lowest BCUT2D eigenvalue weighted by molar-refractivity contribution is -0.146. The number of ether oxygens (including phenoxy) is 2. The lowest BCUT2D eigenvalue weighted by Gasteiger charge is -2.32. The zero-order valence-corrected chi connectivity index (χ0v) is 17.7. The van der Waals surface area contributed by atoms with Crippen molar-refractivity contribution in [3.63, 3.8) is 0 Å². The van der Waals surface area contributed by atoms with Crippen LogP contribution in [0.1, 0.15) is 61.3 Å². The fraction of sp³-hybridized carbons (Fsp3) is 0.842. The number of esters is 1. The van der Waals surface area contributed by atoms with Crippen LogP contribution >= 0.6 is 0 Å². The van der Waals surface area contributed by atoms with Crippen molar-refractivity contribution in [2.45, 2.75) is 79.0 Å². The Morgan fingerprint density at radius 1 is 1.00 bits per heavy atom. The lowest BCUT2D eigenvalue weighted by atomic mass is 10.00. The minimum absolute atomic E-state index is 0.178. The Morgan fingerprint density at radius 3 is 1.88 bits per heavy atom. The summed E-state index contributed by atoms with van der Waals surface area (Å²) in [6, 6.07) is -1.47. The van der Waals surface area contributed by atoms with Gasteiger partial charge in [-0.15, -0.1) is 0 Å². The third-order valence-electron chi connectivity index (χ3n) is 3.66. The van der Waals surface area contributed by atoms with Crippen LogP contribution in [-0.4, -0.2) is 54.7 Å². The molecular formula is C19H36N2O5. The van der Waals surface area contributed by atoms with Crippen molar-refractivity contribution in [3.05, 3.63) is 0 Å². The predicted molar refractivity (Wildman–Crippen MR) is 101 cm³/mol. The highest BCUT2D eigenvalue weighted by molar-refractivity contribution is 5.89. The molecule has 0 aromatic heterocycles. The number of methoxy groups -OCH3 is 1. The Hall–Kier alpha value is -1.79. The minimum atomic E-state index is -0.741. The van der Waals surface area contributed by atoms with Crippen LogP contribution < -0.4 is 5.32 Å². The molecule has 0 aromatic carbocycles. The van der Waals surface area contributed by atoms with Crippen molar-refractivity contribution in [2.75, 3.05) is 14.2 Å². The molecule has 7 nitrogen and oxygen atoms in total. The molecule has 0 aliphatic rings.